The Morgan fingerprint density at radius 3 is 2.36 bits per heavy atom. The number of benzene rings is 3. The van der Waals surface area contributed by atoms with E-state index in [1.54, 1.807) is 12.1 Å². The number of hydrogen-bond donors (Lipinski definition) is 0. The van der Waals surface area contributed by atoms with E-state index >= 15 is 0 Å². The third-order valence-corrected chi connectivity index (χ3v) is 11.1. The van der Waals surface area contributed by atoms with E-state index in [2.05, 4.69) is 71.0 Å². The Balaban J connectivity index is 0.986. The lowest BCUT2D eigenvalue weighted by molar-refractivity contribution is 0.0581. The molecule has 3 saturated heterocycles. The van der Waals surface area contributed by atoms with Gasteiger partial charge in [0.1, 0.15) is 11.4 Å². The highest BCUT2D eigenvalue weighted by atomic mass is 16.3. The van der Waals surface area contributed by atoms with Gasteiger partial charge < -0.3 is 13.9 Å². The first-order chi connectivity index (χ1) is 22.0. The molecule has 1 amide bonds. The van der Waals surface area contributed by atoms with Gasteiger partial charge in [-0.1, -0.05) is 54.6 Å². The van der Waals surface area contributed by atoms with Crippen molar-refractivity contribution in [1.82, 2.24) is 19.4 Å². The average Bonchev–Trinajstić information content (AvgIpc) is 3.54. The summed E-state index contributed by atoms with van der Waals surface area (Å²) in [6.07, 6.45) is 7.76. The Morgan fingerprint density at radius 2 is 1.58 bits per heavy atom. The molecule has 0 N–H and O–H groups in total. The maximum atomic E-state index is 13.6. The van der Waals surface area contributed by atoms with Crippen LogP contribution in [0.2, 0.25) is 0 Å². The number of hydrogen-bond acceptors (Lipinski definition) is 5. The fourth-order valence-corrected chi connectivity index (χ4v) is 8.77. The van der Waals surface area contributed by atoms with Crippen molar-refractivity contribution in [2.45, 2.75) is 75.4 Å². The van der Waals surface area contributed by atoms with Gasteiger partial charge in [0.25, 0.3) is 5.91 Å². The zero-order chi connectivity index (χ0) is 30.5. The number of likely N-dealkylation sites (tertiary alicyclic amines) is 1. The molecule has 5 heterocycles. The Bertz CT molecular complexity index is 1910. The number of fused-ring (bicyclic) bond motifs is 4. The summed E-state index contributed by atoms with van der Waals surface area (Å²) in [7, 11) is 0. The van der Waals surface area contributed by atoms with Crippen LogP contribution in [-0.4, -0.2) is 57.0 Å². The molecule has 0 radical (unpaired) electrons. The van der Waals surface area contributed by atoms with Crippen molar-refractivity contribution in [2.75, 3.05) is 19.6 Å². The number of aromatic nitrogens is 2. The molecule has 3 fully saturated rings. The van der Waals surface area contributed by atoms with Crippen molar-refractivity contribution < 1.29 is 9.21 Å². The molecule has 8 rings (SSSR count). The van der Waals surface area contributed by atoms with Crippen molar-refractivity contribution in [2.24, 2.45) is 0 Å². The highest BCUT2D eigenvalue weighted by molar-refractivity contribution is 5.93. The van der Waals surface area contributed by atoms with Crippen LogP contribution in [0, 0.1) is 6.92 Å². The molecule has 3 aromatic carbocycles. The molecule has 45 heavy (non-hydrogen) atoms. The van der Waals surface area contributed by atoms with Crippen molar-refractivity contribution in [3.05, 3.63) is 112 Å². The second-order valence-electron chi connectivity index (χ2n) is 13.4. The highest BCUT2D eigenvalue weighted by Crippen LogP contribution is 2.45. The van der Waals surface area contributed by atoms with E-state index in [4.69, 9.17) is 9.40 Å². The van der Waals surface area contributed by atoms with Crippen LogP contribution >= 0.6 is 0 Å². The number of carbonyl (C=O) groups excluding carboxylic acids is 1. The molecule has 0 saturated carbocycles. The standard InChI is InChI=1S/C38H40N4O3/c1-26-39-32-12-6-7-13-33(32)42(26)30-23-28-15-16-29(24-30)41(28)22-19-38(27-9-3-2-4-10-27)17-20-40(21-18-38)37(44)36-25-34(43)31-11-5-8-14-35(31)45-36/h2-14,25,28-30H,15-24H2,1H3/t28-,29+,30?. The number of amides is 1. The van der Waals surface area contributed by atoms with Gasteiger partial charge in [0.15, 0.2) is 11.2 Å². The number of imidazole rings is 1. The molecule has 5 aromatic rings. The largest absolute Gasteiger partial charge is 0.451 e. The zero-order valence-corrected chi connectivity index (χ0v) is 25.9. The van der Waals surface area contributed by atoms with Gasteiger partial charge in [-0.3, -0.25) is 14.5 Å². The molecule has 3 aliphatic heterocycles. The molecular weight excluding hydrogens is 560 g/mol. The molecule has 2 aromatic heterocycles. The van der Waals surface area contributed by atoms with Gasteiger partial charge in [0.05, 0.1) is 16.4 Å². The van der Waals surface area contributed by atoms with Crippen molar-refractivity contribution >= 4 is 27.9 Å². The lowest BCUT2D eigenvalue weighted by atomic mass is 9.70. The third kappa shape index (κ3) is 4.98. The molecule has 0 spiro atoms. The predicted molar refractivity (Wildman–Crippen MR) is 177 cm³/mol. The number of carbonyl (C=O) groups is 1. The second kappa shape index (κ2) is 11.3. The third-order valence-electron chi connectivity index (χ3n) is 11.1. The first-order valence-electron chi connectivity index (χ1n) is 16.6. The van der Waals surface area contributed by atoms with E-state index in [-0.39, 0.29) is 22.5 Å². The minimum Gasteiger partial charge on any atom is -0.451 e. The average molecular weight is 601 g/mol. The lowest BCUT2D eigenvalue weighted by Gasteiger charge is -2.45. The SMILES string of the molecule is Cc1nc2ccccc2n1C1C[C@H]2CC[C@@H](C1)N2CCC1(c2ccccc2)CCN(C(=O)c2cc(=O)c3ccccc3o2)CC1. The van der Waals surface area contributed by atoms with Gasteiger partial charge >= 0.3 is 0 Å². The lowest BCUT2D eigenvalue weighted by Crippen LogP contribution is -2.49. The fourth-order valence-electron chi connectivity index (χ4n) is 8.77. The quantitative estimate of drug-likeness (QED) is 0.212. The van der Waals surface area contributed by atoms with Crippen LogP contribution in [0.15, 0.2) is 94.1 Å². The van der Waals surface area contributed by atoms with Crippen LogP contribution in [0.4, 0.5) is 0 Å². The monoisotopic (exact) mass is 600 g/mol. The van der Waals surface area contributed by atoms with Gasteiger partial charge in [0, 0.05) is 37.3 Å². The van der Waals surface area contributed by atoms with Crippen molar-refractivity contribution in [3.63, 3.8) is 0 Å². The molecular formula is C38H40N4O3. The summed E-state index contributed by atoms with van der Waals surface area (Å²) in [5.74, 6) is 1.06. The van der Waals surface area contributed by atoms with Gasteiger partial charge in [-0.15, -0.1) is 0 Å². The topological polar surface area (TPSA) is 71.6 Å². The number of aryl methyl sites for hydroxylation is 1. The first-order valence-corrected chi connectivity index (χ1v) is 16.6. The van der Waals surface area contributed by atoms with Gasteiger partial charge in [-0.2, -0.15) is 0 Å². The Kier molecular flexibility index (Phi) is 7.09. The van der Waals surface area contributed by atoms with Crippen LogP contribution in [0.1, 0.15) is 72.9 Å². The van der Waals surface area contributed by atoms with Crippen molar-refractivity contribution in [1.29, 1.82) is 0 Å². The Hall–Kier alpha value is -4.23. The van der Waals surface area contributed by atoms with E-state index in [9.17, 15) is 9.59 Å². The van der Waals surface area contributed by atoms with Crippen LogP contribution < -0.4 is 5.43 Å². The van der Waals surface area contributed by atoms with Gasteiger partial charge in [0.2, 0.25) is 0 Å². The number of nitrogens with zero attached hydrogens (tertiary/aromatic N) is 4. The molecule has 2 bridgehead atoms. The molecule has 3 atom stereocenters. The summed E-state index contributed by atoms with van der Waals surface area (Å²) in [5.41, 5.74) is 4.03. The molecule has 0 aliphatic carbocycles. The number of rotatable bonds is 6. The van der Waals surface area contributed by atoms with E-state index in [1.165, 1.54) is 42.8 Å². The summed E-state index contributed by atoms with van der Waals surface area (Å²) in [4.78, 5) is 35.8. The van der Waals surface area contributed by atoms with E-state index < -0.39 is 0 Å². The molecule has 7 heteroatoms. The molecule has 230 valence electrons. The van der Waals surface area contributed by atoms with Crippen LogP contribution in [0.25, 0.3) is 22.0 Å². The number of para-hydroxylation sites is 3. The summed E-state index contributed by atoms with van der Waals surface area (Å²) in [6.45, 7) is 4.52. The highest BCUT2D eigenvalue weighted by Gasteiger charge is 2.44. The smallest absolute Gasteiger partial charge is 0.289 e. The number of piperidine rings is 2. The first kappa shape index (κ1) is 28.3. The summed E-state index contributed by atoms with van der Waals surface area (Å²) >= 11 is 0. The van der Waals surface area contributed by atoms with Crippen LogP contribution in [-0.2, 0) is 5.41 Å². The minimum absolute atomic E-state index is 0.00961. The normalized spacial score (nSPS) is 23.1. The van der Waals surface area contributed by atoms with Crippen molar-refractivity contribution in [3.8, 4) is 0 Å². The maximum absolute atomic E-state index is 13.6. The van der Waals surface area contributed by atoms with E-state index in [0.717, 1.165) is 37.1 Å². The van der Waals surface area contributed by atoms with Gasteiger partial charge in [-0.05, 0) is 93.7 Å². The minimum atomic E-state index is -0.193. The summed E-state index contributed by atoms with van der Waals surface area (Å²) in [6, 6.07) is 29.6. The Labute approximate surface area is 263 Å². The molecule has 7 nitrogen and oxygen atoms in total. The van der Waals surface area contributed by atoms with E-state index in [0.29, 0.717) is 42.2 Å². The summed E-state index contributed by atoms with van der Waals surface area (Å²) in [5, 5.41) is 0.502. The fraction of sp³-hybridized carbons (Fsp3) is 0.395. The van der Waals surface area contributed by atoms with Crippen LogP contribution in [0.3, 0.4) is 0 Å². The maximum Gasteiger partial charge on any atom is 0.289 e. The van der Waals surface area contributed by atoms with Gasteiger partial charge in [-0.25, -0.2) is 4.98 Å². The second-order valence-corrected chi connectivity index (χ2v) is 13.4. The molecule has 1 unspecified atom stereocenters. The van der Waals surface area contributed by atoms with Crippen LogP contribution in [0.5, 0.6) is 0 Å². The summed E-state index contributed by atoms with van der Waals surface area (Å²) < 4.78 is 8.42. The van der Waals surface area contributed by atoms with E-state index in [1.807, 2.05) is 17.0 Å². The predicted octanol–water partition coefficient (Wildman–Crippen LogP) is 6.88. The Morgan fingerprint density at radius 1 is 0.889 bits per heavy atom. The molecule has 3 aliphatic rings. The zero-order valence-electron chi connectivity index (χ0n) is 25.9.